The highest BCUT2D eigenvalue weighted by Crippen LogP contribution is 2.35. The van der Waals surface area contributed by atoms with Gasteiger partial charge in [0, 0.05) is 17.6 Å². The predicted molar refractivity (Wildman–Crippen MR) is 119 cm³/mol. The summed E-state index contributed by atoms with van der Waals surface area (Å²) >= 11 is 7.62. The summed E-state index contributed by atoms with van der Waals surface area (Å²) in [6, 6.07) is 6.00. The van der Waals surface area contributed by atoms with E-state index < -0.39 is 0 Å². The van der Waals surface area contributed by atoms with E-state index in [4.69, 9.17) is 16.3 Å². The number of thioether (sulfide) groups is 1. The number of aryl methyl sites for hydroxylation is 1. The van der Waals surface area contributed by atoms with Gasteiger partial charge in [0.15, 0.2) is 11.0 Å². The average Bonchev–Trinajstić information content (AvgIpc) is 3.03. The summed E-state index contributed by atoms with van der Waals surface area (Å²) in [5, 5.41) is 13.4. The van der Waals surface area contributed by atoms with E-state index in [9.17, 15) is 4.79 Å². The van der Waals surface area contributed by atoms with E-state index in [-0.39, 0.29) is 11.2 Å². The van der Waals surface area contributed by atoms with Gasteiger partial charge in [-0.15, -0.1) is 10.2 Å². The molecule has 1 aliphatic heterocycles. The van der Waals surface area contributed by atoms with Crippen molar-refractivity contribution >= 4 is 29.3 Å². The summed E-state index contributed by atoms with van der Waals surface area (Å²) in [5.74, 6) is 1.74. The molecule has 2 aromatic rings. The van der Waals surface area contributed by atoms with Crippen LogP contribution < -0.4 is 10.1 Å². The van der Waals surface area contributed by atoms with Crippen molar-refractivity contribution in [3.8, 4) is 5.75 Å². The van der Waals surface area contributed by atoms with Gasteiger partial charge >= 0.3 is 0 Å². The fourth-order valence-corrected chi connectivity index (χ4v) is 5.67. The van der Waals surface area contributed by atoms with E-state index >= 15 is 0 Å². The molecule has 2 aliphatic rings. The zero-order valence-corrected chi connectivity index (χ0v) is 19.0. The molecule has 162 valence electrons. The van der Waals surface area contributed by atoms with Gasteiger partial charge in [-0.1, -0.05) is 49.0 Å². The monoisotopic (exact) mass is 448 g/mol. The third kappa shape index (κ3) is 5.11. The zero-order chi connectivity index (χ0) is 20.9. The molecule has 1 atom stereocenters. The van der Waals surface area contributed by atoms with Gasteiger partial charge in [-0.05, 0) is 56.4 Å². The van der Waals surface area contributed by atoms with Crippen LogP contribution in [0.1, 0.15) is 68.8 Å². The number of benzene rings is 1. The molecule has 4 rings (SSSR count). The Hall–Kier alpha value is -1.73. The molecule has 1 aromatic carbocycles. The third-order valence-electron chi connectivity index (χ3n) is 5.90. The lowest BCUT2D eigenvalue weighted by Crippen LogP contribution is -2.31. The molecule has 0 spiro atoms. The van der Waals surface area contributed by atoms with Crippen LogP contribution in [0.3, 0.4) is 0 Å². The quantitative estimate of drug-likeness (QED) is 0.666. The number of aromatic nitrogens is 3. The molecule has 0 bridgehead atoms. The highest BCUT2D eigenvalue weighted by Gasteiger charge is 2.28. The van der Waals surface area contributed by atoms with E-state index in [1.165, 1.54) is 19.3 Å². The molecule has 2 fully saturated rings. The van der Waals surface area contributed by atoms with Gasteiger partial charge in [-0.2, -0.15) is 0 Å². The highest BCUT2D eigenvalue weighted by atomic mass is 35.5. The van der Waals surface area contributed by atoms with E-state index in [0.29, 0.717) is 17.7 Å². The van der Waals surface area contributed by atoms with Crippen LogP contribution in [0.4, 0.5) is 0 Å². The molecule has 1 unspecified atom stereocenters. The van der Waals surface area contributed by atoms with Gasteiger partial charge in [0.25, 0.3) is 0 Å². The number of hydrogen-bond acceptors (Lipinski definition) is 5. The number of nitrogens with one attached hydrogen (secondary N) is 1. The SMILES string of the molecule is Cc1cc(Cl)ccc1OCc1nnc(SC2CCCCNC2=O)n1C1CCCCC1. The van der Waals surface area contributed by atoms with Crippen LogP contribution in [0.15, 0.2) is 23.4 Å². The van der Waals surface area contributed by atoms with Gasteiger partial charge in [-0.3, -0.25) is 9.36 Å². The van der Waals surface area contributed by atoms with Crippen molar-refractivity contribution in [2.45, 2.75) is 81.3 Å². The Morgan fingerprint density at radius 1 is 1.17 bits per heavy atom. The number of halogens is 1. The Bertz CT molecular complexity index is 882. The second kappa shape index (κ2) is 10.1. The minimum Gasteiger partial charge on any atom is -0.485 e. The van der Waals surface area contributed by atoms with E-state index in [0.717, 1.165) is 60.9 Å². The van der Waals surface area contributed by atoms with Crippen molar-refractivity contribution in [2.24, 2.45) is 0 Å². The Morgan fingerprint density at radius 2 is 1.97 bits per heavy atom. The zero-order valence-electron chi connectivity index (χ0n) is 17.4. The lowest BCUT2D eigenvalue weighted by Gasteiger charge is -2.26. The number of hydrogen-bond donors (Lipinski definition) is 1. The normalized spacial score (nSPS) is 20.6. The predicted octanol–water partition coefficient (Wildman–Crippen LogP) is 5.08. The van der Waals surface area contributed by atoms with E-state index in [1.807, 2.05) is 25.1 Å². The molecular weight excluding hydrogens is 420 g/mol. The summed E-state index contributed by atoms with van der Waals surface area (Å²) in [7, 11) is 0. The van der Waals surface area contributed by atoms with Crippen LogP contribution in [-0.2, 0) is 11.4 Å². The van der Waals surface area contributed by atoms with Crippen molar-refractivity contribution in [2.75, 3.05) is 6.54 Å². The summed E-state index contributed by atoms with van der Waals surface area (Å²) in [5.41, 5.74) is 0.996. The molecule has 1 saturated heterocycles. The van der Waals surface area contributed by atoms with E-state index in [2.05, 4.69) is 20.1 Å². The van der Waals surface area contributed by atoms with Crippen LogP contribution in [0.25, 0.3) is 0 Å². The maximum absolute atomic E-state index is 12.5. The van der Waals surface area contributed by atoms with Crippen molar-refractivity contribution in [3.63, 3.8) is 0 Å². The van der Waals surface area contributed by atoms with E-state index in [1.54, 1.807) is 11.8 Å². The summed E-state index contributed by atoms with van der Waals surface area (Å²) in [6.45, 7) is 3.10. The van der Waals surface area contributed by atoms with Crippen LogP contribution in [0, 0.1) is 6.92 Å². The molecule has 2 heterocycles. The maximum atomic E-state index is 12.5. The molecule has 8 heteroatoms. The minimum absolute atomic E-state index is 0.105. The Labute approximate surface area is 187 Å². The first-order chi connectivity index (χ1) is 14.6. The minimum atomic E-state index is -0.105. The van der Waals surface area contributed by atoms with Crippen LogP contribution in [0.2, 0.25) is 5.02 Å². The maximum Gasteiger partial charge on any atom is 0.233 e. The van der Waals surface area contributed by atoms with Crippen molar-refractivity contribution in [1.29, 1.82) is 0 Å². The molecule has 30 heavy (non-hydrogen) atoms. The smallest absolute Gasteiger partial charge is 0.233 e. The summed E-state index contributed by atoms with van der Waals surface area (Å²) in [4.78, 5) is 12.5. The van der Waals surface area contributed by atoms with Crippen molar-refractivity contribution < 1.29 is 9.53 Å². The molecule has 1 saturated carbocycles. The van der Waals surface area contributed by atoms with Crippen molar-refractivity contribution in [3.05, 3.63) is 34.6 Å². The second-order valence-electron chi connectivity index (χ2n) is 8.15. The lowest BCUT2D eigenvalue weighted by atomic mass is 9.95. The number of rotatable bonds is 6. The molecular formula is C22H29ClN4O2S. The summed E-state index contributed by atoms with van der Waals surface area (Å²) < 4.78 is 8.33. The molecule has 1 N–H and O–H groups in total. The Balaban J connectivity index is 1.55. The second-order valence-corrected chi connectivity index (χ2v) is 9.76. The molecule has 6 nitrogen and oxygen atoms in total. The fourth-order valence-electron chi connectivity index (χ4n) is 4.26. The molecule has 0 radical (unpaired) electrons. The van der Waals surface area contributed by atoms with Gasteiger partial charge in [0.1, 0.15) is 12.4 Å². The Kier molecular flexibility index (Phi) is 7.20. The first kappa shape index (κ1) is 21.5. The van der Waals surface area contributed by atoms with Gasteiger partial charge in [0.05, 0.1) is 5.25 Å². The molecule has 1 aromatic heterocycles. The number of carbonyl (C=O) groups is 1. The van der Waals surface area contributed by atoms with Crippen LogP contribution in [-0.4, -0.2) is 32.5 Å². The fraction of sp³-hybridized carbons (Fsp3) is 0.591. The van der Waals surface area contributed by atoms with Crippen LogP contribution >= 0.6 is 23.4 Å². The number of carbonyl (C=O) groups excluding carboxylic acids is 1. The number of nitrogens with zero attached hydrogens (tertiary/aromatic N) is 3. The van der Waals surface area contributed by atoms with Crippen molar-refractivity contribution in [1.82, 2.24) is 20.1 Å². The van der Waals surface area contributed by atoms with Gasteiger partial charge < -0.3 is 10.1 Å². The Morgan fingerprint density at radius 3 is 2.77 bits per heavy atom. The lowest BCUT2D eigenvalue weighted by molar-refractivity contribution is -0.120. The summed E-state index contributed by atoms with van der Waals surface area (Å²) in [6.07, 6.45) is 8.93. The first-order valence-corrected chi connectivity index (χ1v) is 12.1. The van der Waals surface area contributed by atoms with Gasteiger partial charge in [0.2, 0.25) is 5.91 Å². The standard InChI is InChI=1S/C22H29ClN4O2S/c1-15-13-16(23)10-11-18(15)29-14-20-25-26-22(27(20)17-7-3-2-4-8-17)30-19-9-5-6-12-24-21(19)28/h10-11,13,17,19H,2-9,12,14H2,1H3,(H,24,28). The largest absolute Gasteiger partial charge is 0.485 e. The first-order valence-electron chi connectivity index (χ1n) is 10.9. The average molecular weight is 449 g/mol. The number of amides is 1. The highest BCUT2D eigenvalue weighted by molar-refractivity contribution is 8.00. The molecule has 1 amide bonds. The third-order valence-corrected chi connectivity index (χ3v) is 7.36. The topological polar surface area (TPSA) is 69.0 Å². The number of ether oxygens (including phenoxy) is 1. The van der Waals surface area contributed by atoms with Crippen LogP contribution in [0.5, 0.6) is 5.75 Å². The van der Waals surface area contributed by atoms with Gasteiger partial charge in [-0.25, -0.2) is 0 Å². The molecule has 1 aliphatic carbocycles.